The van der Waals surface area contributed by atoms with Gasteiger partial charge in [0.2, 0.25) is 0 Å². The summed E-state index contributed by atoms with van der Waals surface area (Å²) in [6.07, 6.45) is 0.321. The average Bonchev–Trinajstić information content (AvgIpc) is 2.37. The molecule has 1 rings (SSSR count). The molecule has 19 heavy (non-hydrogen) atoms. The van der Waals surface area contributed by atoms with E-state index in [1.54, 1.807) is 20.3 Å². The molecule has 0 aliphatic rings. The molecule has 0 bridgehead atoms. The number of Topliss-reactive ketones (excluding diaryl/α,β-unsaturated/α-hetero) is 1. The molecule has 0 saturated heterocycles. The number of hydrogen-bond donors (Lipinski definition) is 1. The fourth-order valence-corrected chi connectivity index (χ4v) is 3.05. The van der Waals surface area contributed by atoms with Gasteiger partial charge in [-0.2, -0.15) is 0 Å². The molecule has 0 radical (unpaired) electrons. The van der Waals surface area contributed by atoms with E-state index in [-0.39, 0.29) is 11.7 Å². The molecule has 1 aromatic carbocycles. The molecule has 0 amide bonds. The lowest BCUT2D eigenvalue weighted by Crippen LogP contribution is -2.12. The summed E-state index contributed by atoms with van der Waals surface area (Å²) in [4.78, 5) is 12.2. The molecule has 0 aliphatic heterocycles. The van der Waals surface area contributed by atoms with Crippen LogP contribution in [0.1, 0.15) is 42.1 Å². The SMILES string of the molecule is COc1cc(C(=O)CCN)c(C(C)C)c(Br)c1OC. The van der Waals surface area contributed by atoms with Crippen molar-refractivity contribution in [3.8, 4) is 11.5 Å². The molecule has 0 aromatic heterocycles. The number of carbonyl (C=O) groups is 1. The average molecular weight is 330 g/mol. The minimum absolute atomic E-state index is 0.0212. The van der Waals surface area contributed by atoms with Gasteiger partial charge in [-0.05, 0) is 40.0 Å². The monoisotopic (exact) mass is 329 g/mol. The lowest BCUT2D eigenvalue weighted by molar-refractivity contribution is 0.0983. The smallest absolute Gasteiger partial charge is 0.175 e. The lowest BCUT2D eigenvalue weighted by Gasteiger charge is -2.19. The van der Waals surface area contributed by atoms with E-state index in [1.165, 1.54) is 0 Å². The first-order valence-corrected chi connectivity index (χ1v) is 6.94. The predicted molar refractivity (Wildman–Crippen MR) is 79.3 cm³/mol. The van der Waals surface area contributed by atoms with E-state index in [4.69, 9.17) is 15.2 Å². The van der Waals surface area contributed by atoms with E-state index < -0.39 is 0 Å². The van der Waals surface area contributed by atoms with Crippen molar-refractivity contribution in [2.45, 2.75) is 26.2 Å². The van der Waals surface area contributed by atoms with Crippen LogP contribution in [-0.2, 0) is 0 Å². The second kappa shape index (κ2) is 6.91. The molecular weight excluding hydrogens is 310 g/mol. The minimum Gasteiger partial charge on any atom is -0.493 e. The summed E-state index contributed by atoms with van der Waals surface area (Å²) in [5.74, 6) is 1.36. The predicted octanol–water partition coefficient (Wildman–Crippen LogP) is 3.12. The fraction of sp³-hybridized carbons (Fsp3) is 0.500. The Kier molecular flexibility index (Phi) is 5.82. The molecule has 0 fully saturated rings. The zero-order chi connectivity index (χ0) is 14.6. The third kappa shape index (κ3) is 3.28. The van der Waals surface area contributed by atoms with E-state index in [9.17, 15) is 4.79 Å². The highest BCUT2D eigenvalue weighted by Gasteiger charge is 2.23. The van der Waals surface area contributed by atoms with Gasteiger partial charge < -0.3 is 15.2 Å². The van der Waals surface area contributed by atoms with Crippen molar-refractivity contribution in [2.24, 2.45) is 5.73 Å². The molecule has 0 spiro atoms. The van der Waals surface area contributed by atoms with E-state index in [1.807, 2.05) is 13.8 Å². The topological polar surface area (TPSA) is 61.5 Å². The molecule has 0 heterocycles. The second-order valence-corrected chi connectivity index (χ2v) is 5.30. The van der Waals surface area contributed by atoms with Crippen LogP contribution in [0.2, 0.25) is 0 Å². The highest BCUT2D eigenvalue weighted by Crippen LogP contribution is 2.42. The Balaban J connectivity index is 3.52. The number of ether oxygens (including phenoxy) is 2. The quantitative estimate of drug-likeness (QED) is 0.814. The Morgan fingerprint density at radius 3 is 2.42 bits per heavy atom. The largest absolute Gasteiger partial charge is 0.493 e. The van der Waals surface area contributed by atoms with Gasteiger partial charge in [0.25, 0.3) is 0 Å². The second-order valence-electron chi connectivity index (χ2n) is 4.50. The molecule has 5 heteroatoms. The van der Waals surface area contributed by atoms with Gasteiger partial charge in [-0.15, -0.1) is 0 Å². The van der Waals surface area contributed by atoms with Crippen LogP contribution in [0.15, 0.2) is 10.5 Å². The van der Waals surface area contributed by atoms with Crippen molar-refractivity contribution in [3.63, 3.8) is 0 Å². The third-order valence-corrected chi connectivity index (χ3v) is 3.69. The molecule has 1 aromatic rings. The maximum atomic E-state index is 12.2. The first-order valence-electron chi connectivity index (χ1n) is 6.15. The highest BCUT2D eigenvalue weighted by molar-refractivity contribution is 9.10. The number of halogens is 1. The maximum absolute atomic E-state index is 12.2. The lowest BCUT2D eigenvalue weighted by atomic mass is 9.93. The first-order chi connectivity index (χ1) is 8.97. The summed E-state index contributed by atoms with van der Waals surface area (Å²) in [6.45, 7) is 4.40. The van der Waals surface area contributed by atoms with Gasteiger partial charge in [0.15, 0.2) is 17.3 Å². The summed E-state index contributed by atoms with van der Waals surface area (Å²) in [5.41, 5.74) is 7.04. The Hall–Kier alpha value is -1.07. The Morgan fingerprint density at radius 1 is 1.37 bits per heavy atom. The zero-order valence-electron chi connectivity index (χ0n) is 11.7. The molecule has 0 unspecified atom stereocenters. The van der Waals surface area contributed by atoms with Crippen LogP contribution in [0.25, 0.3) is 0 Å². The molecule has 106 valence electrons. The fourth-order valence-electron chi connectivity index (χ4n) is 2.03. The van der Waals surface area contributed by atoms with E-state index >= 15 is 0 Å². The van der Waals surface area contributed by atoms with Crippen LogP contribution in [0.5, 0.6) is 11.5 Å². The van der Waals surface area contributed by atoms with Crippen molar-refractivity contribution in [1.29, 1.82) is 0 Å². The van der Waals surface area contributed by atoms with Gasteiger partial charge in [-0.3, -0.25) is 4.79 Å². The zero-order valence-corrected chi connectivity index (χ0v) is 13.3. The van der Waals surface area contributed by atoms with E-state index in [2.05, 4.69) is 15.9 Å². The van der Waals surface area contributed by atoms with Crippen molar-refractivity contribution in [1.82, 2.24) is 0 Å². The number of nitrogens with two attached hydrogens (primary N) is 1. The number of methoxy groups -OCH3 is 2. The summed E-state index contributed by atoms with van der Waals surface area (Å²) in [6, 6.07) is 1.73. The van der Waals surface area contributed by atoms with E-state index in [0.717, 1.165) is 10.0 Å². The summed E-state index contributed by atoms with van der Waals surface area (Å²) >= 11 is 3.52. The van der Waals surface area contributed by atoms with Gasteiger partial charge >= 0.3 is 0 Å². The van der Waals surface area contributed by atoms with Crippen LogP contribution >= 0.6 is 15.9 Å². The normalized spacial score (nSPS) is 10.7. The van der Waals surface area contributed by atoms with Crippen LogP contribution < -0.4 is 15.2 Å². The Bertz CT molecular complexity index is 472. The Labute approximate surface area is 122 Å². The number of ketones is 1. The Morgan fingerprint density at radius 2 is 2.00 bits per heavy atom. The standard InChI is InChI=1S/C14H20BrNO3/c1-8(2)12-9(10(17)5-6-16)7-11(18-3)14(19-4)13(12)15/h7-8H,5-6,16H2,1-4H3. The minimum atomic E-state index is 0.0212. The van der Waals surface area contributed by atoms with Gasteiger partial charge in [-0.25, -0.2) is 0 Å². The molecule has 0 atom stereocenters. The van der Waals surface area contributed by atoms with Crippen LogP contribution in [0.4, 0.5) is 0 Å². The van der Waals surface area contributed by atoms with Crippen LogP contribution in [-0.4, -0.2) is 26.5 Å². The summed E-state index contributed by atoms with van der Waals surface area (Å²) < 4.78 is 11.4. The maximum Gasteiger partial charge on any atom is 0.175 e. The molecule has 4 nitrogen and oxygen atoms in total. The summed E-state index contributed by atoms with van der Waals surface area (Å²) in [5, 5.41) is 0. The molecule has 0 aliphatic carbocycles. The van der Waals surface area contributed by atoms with Crippen LogP contribution in [0.3, 0.4) is 0 Å². The highest BCUT2D eigenvalue weighted by atomic mass is 79.9. The molecule has 2 N–H and O–H groups in total. The van der Waals surface area contributed by atoms with Crippen molar-refractivity contribution in [3.05, 3.63) is 21.7 Å². The van der Waals surface area contributed by atoms with Gasteiger partial charge in [-0.1, -0.05) is 13.8 Å². The van der Waals surface area contributed by atoms with Gasteiger partial charge in [0, 0.05) is 12.0 Å². The van der Waals surface area contributed by atoms with Crippen molar-refractivity contribution in [2.75, 3.05) is 20.8 Å². The number of hydrogen-bond acceptors (Lipinski definition) is 4. The summed E-state index contributed by atoms with van der Waals surface area (Å²) in [7, 11) is 3.13. The van der Waals surface area contributed by atoms with Crippen LogP contribution in [0, 0.1) is 0 Å². The van der Waals surface area contributed by atoms with E-state index in [0.29, 0.717) is 30.0 Å². The number of rotatable bonds is 6. The van der Waals surface area contributed by atoms with Gasteiger partial charge in [0.05, 0.1) is 18.7 Å². The number of carbonyl (C=O) groups excluding carboxylic acids is 1. The number of benzene rings is 1. The molecule has 0 saturated carbocycles. The first kappa shape index (κ1) is 16.0. The van der Waals surface area contributed by atoms with Crippen molar-refractivity contribution >= 4 is 21.7 Å². The third-order valence-electron chi connectivity index (χ3n) is 2.90. The van der Waals surface area contributed by atoms with Crippen molar-refractivity contribution < 1.29 is 14.3 Å². The molecular formula is C14H20BrNO3. The van der Waals surface area contributed by atoms with Gasteiger partial charge in [0.1, 0.15) is 0 Å².